The topological polar surface area (TPSA) is 133 Å². The lowest BCUT2D eigenvalue weighted by molar-refractivity contribution is -0.129. The van der Waals surface area contributed by atoms with Crippen molar-refractivity contribution in [2.45, 2.75) is 68.1 Å². The summed E-state index contributed by atoms with van der Waals surface area (Å²) in [6.45, 7) is 0.408. The molecular weight excluding hydrogens is 488 g/mol. The summed E-state index contributed by atoms with van der Waals surface area (Å²) in [6.07, 6.45) is 2.24. The molecule has 1 saturated heterocycles. The van der Waals surface area contributed by atoms with Crippen LogP contribution < -0.4 is 10.6 Å². The molecule has 4 rings (SSSR count). The zero-order valence-electron chi connectivity index (χ0n) is 20.6. The third kappa shape index (κ3) is 6.60. The molecule has 12 heteroatoms. The number of halogens is 2. The number of amides is 3. The van der Waals surface area contributed by atoms with Crippen molar-refractivity contribution in [3.63, 3.8) is 0 Å². The molecule has 10 nitrogen and oxygen atoms in total. The standard InChI is InChI=1S/C25H31F2N5O5/c1-28-16-23(7-8-23)30-20(33)18(15-25(26,27)13-17-5-3-2-4-6-17)29-22(36)32-11-9-24(10-12-32)14-19(21(34)35)31-37-24/h2-6,16,18H,7-15H2,1H3,(H,29,36)(H,30,33)(H,34,35)/t18-/m0/s1. The van der Waals surface area contributed by atoms with Crippen LogP contribution in [-0.4, -0.2) is 83.1 Å². The van der Waals surface area contributed by atoms with Crippen LogP contribution in [0.25, 0.3) is 0 Å². The van der Waals surface area contributed by atoms with E-state index in [1.165, 1.54) is 4.90 Å². The van der Waals surface area contributed by atoms with Gasteiger partial charge in [0.2, 0.25) is 5.91 Å². The van der Waals surface area contributed by atoms with Gasteiger partial charge in [-0.05, 0) is 18.4 Å². The van der Waals surface area contributed by atoms with Crippen LogP contribution in [-0.2, 0) is 20.8 Å². The fourth-order valence-electron chi connectivity index (χ4n) is 4.74. The number of rotatable bonds is 9. The summed E-state index contributed by atoms with van der Waals surface area (Å²) in [5, 5.41) is 18.1. The summed E-state index contributed by atoms with van der Waals surface area (Å²) in [6, 6.07) is 6.14. The van der Waals surface area contributed by atoms with E-state index in [1.807, 2.05) is 0 Å². The molecule has 1 saturated carbocycles. The fraction of sp³-hybridized carbons (Fsp3) is 0.560. The second-order valence-electron chi connectivity index (χ2n) is 10.0. The number of likely N-dealkylation sites (tertiary alicyclic amines) is 1. The average molecular weight is 520 g/mol. The van der Waals surface area contributed by atoms with Gasteiger partial charge in [-0.25, -0.2) is 18.4 Å². The number of nitrogens with zero attached hydrogens (tertiary/aromatic N) is 3. The Hall–Kier alpha value is -3.57. The van der Waals surface area contributed by atoms with Crippen molar-refractivity contribution in [2.24, 2.45) is 10.1 Å². The molecule has 1 spiro atoms. The normalized spacial score (nSPS) is 20.7. The van der Waals surface area contributed by atoms with Gasteiger partial charge in [-0.2, -0.15) is 0 Å². The number of nitrogens with one attached hydrogen (secondary N) is 2. The van der Waals surface area contributed by atoms with Crippen LogP contribution in [0.5, 0.6) is 0 Å². The van der Waals surface area contributed by atoms with E-state index in [2.05, 4.69) is 20.8 Å². The number of hydrogen-bond donors (Lipinski definition) is 3. The van der Waals surface area contributed by atoms with Gasteiger partial charge in [0.15, 0.2) is 5.71 Å². The molecule has 200 valence electrons. The van der Waals surface area contributed by atoms with Gasteiger partial charge in [-0.3, -0.25) is 9.79 Å². The average Bonchev–Trinajstić information content (AvgIpc) is 3.47. The van der Waals surface area contributed by atoms with E-state index < -0.39 is 53.9 Å². The molecule has 0 bridgehead atoms. The minimum Gasteiger partial charge on any atom is -0.477 e. The van der Waals surface area contributed by atoms with Gasteiger partial charge in [0, 0.05) is 58.5 Å². The van der Waals surface area contributed by atoms with Crippen LogP contribution in [0.1, 0.15) is 44.1 Å². The van der Waals surface area contributed by atoms with Gasteiger partial charge in [0.1, 0.15) is 11.6 Å². The lowest BCUT2D eigenvalue weighted by Crippen LogP contribution is -2.57. The Morgan fingerprint density at radius 1 is 1.22 bits per heavy atom. The number of alkyl halides is 2. The minimum atomic E-state index is -3.25. The summed E-state index contributed by atoms with van der Waals surface area (Å²) >= 11 is 0. The number of oxime groups is 1. The molecular formula is C25H31F2N5O5. The number of urea groups is 1. The summed E-state index contributed by atoms with van der Waals surface area (Å²) in [5.74, 6) is -5.09. The third-order valence-corrected chi connectivity index (χ3v) is 7.01. The maximum atomic E-state index is 15.1. The van der Waals surface area contributed by atoms with E-state index in [4.69, 9.17) is 9.94 Å². The first-order valence-electron chi connectivity index (χ1n) is 12.3. The SMILES string of the molecule is CN=CC1(NC(=O)[C@H](CC(F)(F)Cc2ccccc2)NC(=O)N2CCC3(CC2)CC(C(=O)O)=NO3)CC1. The Kier molecular flexibility index (Phi) is 7.47. The van der Waals surface area contributed by atoms with E-state index in [0.717, 1.165) is 0 Å². The van der Waals surface area contributed by atoms with E-state index >= 15 is 8.78 Å². The molecule has 2 aliphatic heterocycles. The maximum Gasteiger partial charge on any atom is 0.353 e. The highest BCUT2D eigenvalue weighted by atomic mass is 19.3. The second-order valence-corrected chi connectivity index (χ2v) is 10.0. The Morgan fingerprint density at radius 3 is 2.46 bits per heavy atom. The summed E-state index contributed by atoms with van der Waals surface area (Å²) in [5.41, 5.74) is -1.10. The minimum absolute atomic E-state index is 0.0695. The van der Waals surface area contributed by atoms with Gasteiger partial charge in [0.05, 0.1) is 5.54 Å². The first-order chi connectivity index (χ1) is 17.5. The molecule has 1 atom stereocenters. The van der Waals surface area contributed by atoms with Crippen LogP contribution in [0.2, 0.25) is 0 Å². The van der Waals surface area contributed by atoms with Gasteiger partial charge >= 0.3 is 12.0 Å². The maximum absolute atomic E-state index is 15.1. The molecule has 3 aliphatic rings. The first-order valence-corrected chi connectivity index (χ1v) is 12.3. The monoisotopic (exact) mass is 519 g/mol. The Balaban J connectivity index is 1.41. The van der Waals surface area contributed by atoms with Gasteiger partial charge in [-0.1, -0.05) is 35.5 Å². The number of benzene rings is 1. The van der Waals surface area contributed by atoms with Gasteiger partial charge in [-0.15, -0.1) is 0 Å². The smallest absolute Gasteiger partial charge is 0.353 e. The number of aliphatic imine (C=N–C) groups is 1. The van der Waals surface area contributed by atoms with Crippen molar-refractivity contribution in [1.82, 2.24) is 15.5 Å². The summed E-state index contributed by atoms with van der Waals surface area (Å²) in [7, 11) is 1.57. The van der Waals surface area contributed by atoms with E-state index in [9.17, 15) is 14.4 Å². The van der Waals surface area contributed by atoms with Crippen molar-refractivity contribution < 1.29 is 33.1 Å². The van der Waals surface area contributed by atoms with E-state index in [-0.39, 0.29) is 25.2 Å². The molecule has 3 N–H and O–H groups in total. The van der Waals surface area contributed by atoms with Gasteiger partial charge < -0.3 is 25.5 Å². The van der Waals surface area contributed by atoms with Crippen molar-refractivity contribution in [1.29, 1.82) is 0 Å². The molecule has 0 aromatic heterocycles. The Morgan fingerprint density at radius 2 is 1.89 bits per heavy atom. The lowest BCUT2D eigenvalue weighted by Gasteiger charge is -2.37. The van der Waals surface area contributed by atoms with Crippen LogP contribution in [0, 0.1) is 0 Å². The van der Waals surface area contributed by atoms with Crippen LogP contribution in [0.3, 0.4) is 0 Å². The molecule has 37 heavy (non-hydrogen) atoms. The van der Waals surface area contributed by atoms with Crippen molar-refractivity contribution in [3.8, 4) is 0 Å². The highest BCUT2D eigenvalue weighted by Gasteiger charge is 2.47. The van der Waals surface area contributed by atoms with E-state index in [1.54, 1.807) is 43.6 Å². The molecule has 1 aliphatic carbocycles. The largest absolute Gasteiger partial charge is 0.477 e. The van der Waals surface area contributed by atoms with Crippen molar-refractivity contribution in [2.75, 3.05) is 20.1 Å². The van der Waals surface area contributed by atoms with Crippen LogP contribution in [0.4, 0.5) is 13.6 Å². The van der Waals surface area contributed by atoms with E-state index in [0.29, 0.717) is 31.2 Å². The molecule has 0 radical (unpaired) electrons. The molecule has 2 heterocycles. The number of carbonyl (C=O) groups excluding carboxylic acids is 2. The zero-order chi connectivity index (χ0) is 26.7. The number of aliphatic carboxylic acids is 1. The molecule has 1 aromatic carbocycles. The predicted molar refractivity (Wildman–Crippen MR) is 131 cm³/mol. The highest BCUT2D eigenvalue weighted by molar-refractivity contribution is 6.36. The van der Waals surface area contributed by atoms with Crippen LogP contribution in [0.15, 0.2) is 40.5 Å². The number of carbonyl (C=O) groups is 3. The van der Waals surface area contributed by atoms with Crippen molar-refractivity contribution in [3.05, 3.63) is 35.9 Å². The highest BCUT2D eigenvalue weighted by Crippen LogP contribution is 2.36. The number of carboxylic acids is 1. The fourth-order valence-corrected chi connectivity index (χ4v) is 4.74. The summed E-state index contributed by atoms with van der Waals surface area (Å²) < 4.78 is 30.1. The number of carboxylic acid groups (broad SMARTS) is 1. The molecule has 1 aromatic rings. The number of piperidine rings is 1. The Bertz CT molecular complexity index is 1080. The first kappa shape index (κ1) is 26.5. The summed E-state index contributed by atoms with van der Waals surface area (Å²) in [4.78, 5) is 48.1. The van der Waals surface area contributed by atoms with Crippen molar-refractivity contribution >= 4 is 29.8 Å². The molecule has 2 fully saturated rings. The Labute approximate surface area is 213 Å². The quantitative estimate of drug-likeness (QED) is 0.431. The molecule has 0 unspecified atom stereocenters. The molecule has 3 amide bonds. The number of hydrogen-bond acceptors (Lipinski definition) is 6. The second kappa shape index (κ2) is 10.4. The zero-order valence-corrected chi connectivity index (χ0v) is 20.6. The predicted octanol–water partition coefficient (Wildman–Crippen LogP) is 2.38. The van der Waals surface area contributed by atoms with Crippen LogP contribution >= 0.6 is 0 Å². The van der Waals surface area contributed by atoms with Gasteiger partial charge in [0.25, 0.3) is 5.92 Å². The third-order valence-electron chi connectivity index (χ3n) is 7.01. The lowest BCUT2D eigenvalue weighted by atomic mass is 9.87.